The second-order valence-electron chi connectivity index (χ2n) is 5.12. The molecule has 1 heterocycles. The number of nitrogens with one attached hydrogen (secondary N) is 2. The van der Waals surface area contributed by atoms with E-state index in [1.807, 2.05) is 24.3 Å². The topological polar surface area (TPSA) is 70.6 Å². The van der Waals surface area contributed by atoms with E-state index in [0.717, 1.165) is 11.9 Å². The van der Waals surface area contributed by atoms with Crippen molar-refractivity contribution < 1.29 is 14.6 Å². The van der Waals surface area contributed by atoms with Crippen LogP contribution in [0.4, 0.5) is 0 Å². The van der Waals surface area contributed by atoms with E-state index < -0.39 is 0 Å². The number of hydrogen-bond donors (Lipinski definition) is 3. The molecule has 0 aromatic heterocycles. The minimum Gasteiger partial charge on any atom is -0.506 e. The van der Waals surface area contributed by atoms with Gasteiger partial charge in [0.1, 0.15) is 5.75 Å². The molecule has 5 heteroatoms. The molecule has 1 aliphatic rings. The quantitative estimate of drug-likeness (QED) is 0.794. The summed E-state index contributed by atoms with van der Waals surface area (Å²) in [6.07, 6.45) is 0. The van der Waals surface area contributed by atoms with Crippen LogP contribution in [0, 0.1) is 0 Å². The van der Waals surface area contributed by atoms with Gasteiger partial charge in [-0.2, -0.15) is 0 Å². The predicted octanol–water partition coefficient (Wildman–Crippen LogP) is 1.26. The van der Waals surface area contributed by atoms with Crippen molar-refractivity contribution in [2.75, 3.05) is 26.3 Å². The molecule has 3 rings (SSSR count). The summed E-state index contributed by atoms with van der Waals surface area (Å²) in [6.45, 7) is 2.56. The molecule has 1 amide bonds. The molecular formula is C16H18N2O3. The van der Waals surface area contributed by atoms with Crippen LogP contribution in [0.5, 0.6) is 5.75 Å². The molecule has 5 nitrogen and oxygen atoms in total. The van der Waals surface area contributed by atoms with Gasteiger partial charge in [-0.05, 0) is 11.5 Å². The zero-order valence-corrected chi connectivity index (χ0v) is 11.6. The first-order valence-electron chi connectivity index (χ1n) is 7.06. The first kappa shape index (κ1) is 13.9. The number of carbonyl (C=O) groups is 1. The summed E-state index contributed by atoms with van der Waals surface area (Å²) in [5, 5.41) is 18.0. The lowest BCUT2D eigenvalue weighted by atomic mass is 10.0. The number of amides is 1. The summed E-state index contributed by atoms with van der Waals surface area (Å²) < 4.78 is 5.34. The Hall–Kier alpha value is -2.11. The van der Waals surface area contributed by atoms with Crippen LogP contribution < -0.4 is 10.6 Å². The van der Waals surface area contributed by atoms with Gasteiger partial charge in [0.25, 0.3) is 5.91 Å². The molecule has 0 radical (unpaired) electrons. The maximum Gasteiger partial charge on any atom is 0.255 e. The number of aromatic hydroxyl groups is 1. The third kappa shape index (κ3) is 2.99. The number of ether oxygens (including phenoxy) is 1. The smallest absolute Gasteiger partial charge is 0.255 e. The van der Waals surface area contributed by atoms with Crippen molar-refractivity contribution in [2.45, 2.75) is 6.04 Å². The van der Waals surface area contributed by atoms with Gasteiger partial charge in [-0.3, -0.25) is 4.79 Å². The fourth-order valence-electron chi connectivity index (χ4n) is 2.50. The van der Waals surface area contributed by atoms with E-state index in [1.165, 1.54) is 0 Å². The maximum atomic E-state index is 12.2. The zero-order chi connectivity index (χ0) is 14.7. The Morgan fingerprint density at radius 3 is 3.00 bits per heavy atom. The van der Waals surface area contributed by atoms with Crippen molar-refractivity contribution in [1.29, 1.82) is 0 Å². The van der Waals surface area contributed by atoms with Crippen molar-refractivity contribution in [3.8, 4) is 5.75 Å². The SMILES string of the molecule is O=C(NCC1COCCN1)c1ccc2ccccc2c1O. The summed E-state index contributed by atoms with van der Waals surface area (Å²) in [4.78, 5) is 12.2. The number of fused-ring (bicyclic) bond motifs is 1. The minimum absolute atomic E-state index is 0.0263. The highest BCUT2D eigenvalue weighted by Crippen LogP contribution is 2.28. The van der Waals surface area contributed by atoms with Crippen molar-refractivity contribution in [1.82, 2.24) is 10.6 Å². The van der Waals surface area contributed by atoms with Crippen LogP contribution in [0.1, 0.15) is 10.4 Å². The summed E-state index contributed by atoms with van der Waals surface area (Å²) in [5.41, 5.74) is 0.297. The molecule has 1 fully saturated rings. The molecule has 110 valence electrons. The molecule has 3 N–H and O–H groups in total. The molecular weight excluding hydrogens is 268 g/mol. The van der Waals surface area contributed by atoms with Gasteiger partial charge < -0.3 is 20.5 Å². The molecule has 1 saturated heterocycles. The second kappa shape index (κ2) is 6.11. The van der Waals surface area contributed by atoms with Gasteiger partial charge >= 0.3 is 0 Å². The van der Waals surface area contributed by atoms with Gasteiger partial charge in [-0.1, -0.05) is 30.3 Å². The number of hydrogen-bond acceptors (Lipinski definition) is 4. The Bertz CT molecular complexity index is 651. The number of carbonyl (C=O) groups excluding carboxylic acids is 1. The van der Waals surface area contributed by atoms with Gasteiger partial charge in [0.05, 0.1) is 18.8 Å². The number of phenolic OH excluding ortho intramolecular Hbond substituents is 1. The third-order valence-electron chi connectivity index (χ3n) is 3.65. The van der Waals surface area contributed by atoms with E-state index >= 15 is 0 Å². The standard InChI is InChI=1S/C16H18N2O3/c19-15-13-4-2-1-3-11(13)5-6-14(15)16(20)18-9-12-10-21-8-7-17-12/h1-6,12,17,19H,7-10H2,(H,18,20). The van der Waals surface area contributed by atoms with E-state index in [1.54, 1.807) is 12.1 Å². The van der Waals surface area contributed by atoms with Crippen LogP contribution in [0.2, 0.25) is 0 Å². The highest BCUT2D eigenvalue weighted by molar-refractivity contribution is 6.03. The predicted molar refractivity (Wildman–Crippen MR) is 80.6 cm³/mol. The molecule has 1 unspecified atom stereocenters. The lowest BCUT2D eigenvalue weighted by Crippen LogP contribution is -2.48. The number of phenols is 1. The highest BCUT2D eigenvalue weighted by atomic mass is 16.5. The van der Waals surface area contributed by atoms with E-state index in [2.05, 4.69) is 10.6 Å². The molecule has 0 spiro atoms. The Labute approximate surface area is 122 Å². The maximum absolute atomic E-state index is 12.2. The second-order valence-corrected chi connectivity index (χ2v) is 5.12. The van der Waals surface area contributed by atoms with E-state index in [4.69, 9.17) is 4.74 Å². The van der Waals surface area contributed by atoms with Gasteiger partial charge in [0.15, 0.2) is 0 Å². The minimum atomic E-state index is -0.273. The average molecular weight is 286 g/mol. The first-order valence-corrected chi connectivity index (χ1v) is 7.06. The van der Waals surface area contributed by atoms with Crippen molar-refractivity contribution in [2.24, 2.45) is 0 Å². The Morgan fingerprint density at radius 1 is 1.33 bits per heavy atom. The fourth-order valence-corrected chi connectivity index (χ4v) is 2.50. The van der Waals surface area contributed by atoms with Gasteiger partial charge in [-0.15, -0.1) is 0 Å². The molecule has 2 aromatic carbocycles. The largest absolute Gasteiger partial charge is 0.506 e. The third-order valence-corrected chi connectivity index (χ3v) is 3.65. The summed E-state index contributed by atoms with van der Waals surface area (Å²) in [5.74, 6) is -0.246. The van der Waals surface area contributed by atoms with E-state index in [-0.39, 0.29) is 17.7 Å². The summed E-state index contributed by atoms with van der Waals surface area (Å²) in [7, 11) is 0. The Balaban J connectivity index is 1.73. The lowest BCUT2D eigenvalue weighted by molar-refractivity contribution is 0.0734. The number of morpholine rings is 1. The molecule has 21 heavy (non-hydrogen) atoms. The van der Waals surface area contributed by atoms with E-state index in [9.17, 15) is 9.90 Å². The molecule has 2 aromatic rings. The monoisotopic (exact) mass is 286 g/mol. The van der Waals surface area contributed by atoms with Crippen molar-refractivity contribution in [3.05, 3.63) is 42.0 Å². The zero-order valence-electron chi connectivity index (χ0n) is 11.6. The lowest BCUT2D eigenvalue weighted by Gasteiger charge is -2.24. The van der Waals surface area contributed by atoms with Crippen LogP contribution in [0.25, 0.3) is 10.8 Å². The Morgan fingerprint density at radius 2 is 2.19 bits per heavy atom. The number of rotatable bonds is 3. The van der Waals surface area contributed by atoms with Crippen molar-refractivity contribution >= 4 is 16.7 Å². The van der Waals surface area contributed by atoms with Crippen molar-refractivity contribution in [3.63, 3.8) is 0 Å². The summed E-state index contributed by atoms with van der Waals surface area (Å²) in [6, 6.07) is 11.1. The molecule has 0 bridgehead atoms. The van der Waals surface area contributed by atoms with Gasteiger partial charge in [-0.25, -0.2) is 0 Å². The first-order chi connectivity index (χ1) is 10.3. The average Bonchev–Trinajstić information content (AvgIpc) is 2.54. The summed E-state index contributed by atoms with van der Waals surface area (Å²) >= 11 is 0. The van der Waals surface area contributed by atoms with Gasteiger partial charge in [0.2, 0.25) is 0 Å². The number of benzene rings is 2. The highest BCUT2D eigenvalue weighted by Gasteiger charge is 2.17. The van der Waals surface area contributed by atoms with Crippen LogP contribution in [0.15, 0.2) is 36.4 Å². The molecule has 0 aliphatic carbocycles. The van der Waals surface area contributed by atoms with Gasteiger partial charge in [0, 0.05) is 24.5 Å². The van der Waals surface area contributed by atoms with E-state index in [0.29, 0.717) is 30.7 Å². The van der Waals surface area contributed by atoms with Crippen LogP contribution in [0.3, 0.4) is 0 Å². The molecule has 1 aliphatic heterocycles. The van der Waals surface area contributed by atoms with Crippen LogP contribution in [-0.2, 0) is 4.74 Å². The van der Waals surface area contributed by atoms with Crippen LogP contribution in [-0.4, -0.2) is 43.4 Å². The fraction of sp³-hybridized carbons (Fsp3) is 0.312. The normalized spacial score (nSPS) is 18.6. The molecule has 0 saturated carbocycles. The Kier molecular flexibility index (Phi) is 4.03. The van der Waals surface area contributed by atoms with Crippen LogP contribution >= 0.6 is 0 Å². The molecule has 1 atom stereocenters.